The second-order valence-electron chi connectivity index (χ2n) is 11.7. The Balaban J connectivity index is 1.54. The molecule has 3 amide bonds. The number of carbonyl (C=O) groups is 3. The molecule has 2 atom stereocenters. The van der Waals surface area contributed by atoms with E-state index in [4.69, 9.17) is 10.5 Å². The van der Waals surface area contributed by atoms with Gasteiger partial charge in [0.25, 0.3) is 11.8 Å². The van der Waals surface area contributed by atoms with Crippen LogP contribution in [0, 0.1) is 20.8 Å². The lowest BCUT2D eigenvalue weighted by Crippen LogP contribution is -2.46. The quantitative estimate of drug-likeness (QED) is 0.301. The van der Waals surface area contributed by atoms with Crippen LogP contribution >= 0.6 is 11.5 Å². The largest absolute Gasteiger partial charge is 0.395 e. The highest BCUT2D eigenvalue weighted by atomic mass is 32.1. The smallest absolute Gasteiger partial charge is 0.273 e. The van der Waals surface area contributed by atoms with Crippen LogP contribution in [0.2, 0.25) is 0 Å². The molecular weight excluding hydrogens is 562 g/mol. The van der Waals surface area contributed by atoms with Gasteiger partial charge in [-0.15, -0.1) is 0 Å². The van der Waals surface area contributed by atoms with Gasteiger partial charge in [-0.25, -0.2) is 0 Å². The number of nitrogens with one attached hydrogen (secondary N) is 2. The fourth-order valence-corrected chi connectivity index (χ4v) is 6.61. The second-order valence-corrected chi connectivity index (χ2v) is 12.4. The molecule has 0 unspecified atom stereocenters. The number of nitrogens with zero attached hydrogens (tertiary/aromatic N) is 2. The first-order valence-electron chi connectivity index (χ1n) is 15.2. The van der Waals surface area contributed by atoms with Gasteiger partial charge in [0.1, 0.15) is 10.9 Å². The number of amides is 3. The summed E-state index contributed by atoms with van der Waals surface area (Å²) in [4.78, 5) is 43.5. The lowest BCUT2D eigenvalue weighted by atomic mass is 9.95. The maximum Gasteiger partial charge on any atom is 0.273 e. The Morgan fingerprint density at radius 3 is 2.47 bits per heavy atom. The first kappa shape index (κ1) is 30.7. The third kappa shape index (κ3) is 6.91. The van der Waals surface area contributed by atoms with Gasteiger partial charge >= 0.3 is 0 Å². The van der Waals surface area contributed by atoms with Crippen molar-refractivity contribution in [3.8, 4) is 0 Å². The Kier molecular flexibility index (Phi) is 9.77. The SMILES string of the molecule is Cc1ccc([C@@H](C(=O)NC[C@H]2CCCO2)N(C(=O)c2snc(C(=O)NC3CCCCC3)c2N)c2cccc(C)c2C)cc1. The summed E-state index contributed by atoms with van der Waals surface area (Å²) in [5.41, 5.74) is 10.7. The van der Waals surface area contributed by atoms with Crippen LogP contribution in [0.1, 0.15) is 93.4 Å². The van der Waals surface area contributed by atoms with Gasteiger partial charge < -0.3 is 21.1 Å². The van der Waals surface area contributed by atoms with E-state index in [1.54, 1.807) is 0 Å². The molecule has 0 spiro atoms. The van der Waals surface area contributed by atoms with Crippen molar-refractivity contribution >= 4 is 40.6 Å². The Labute approximate surface area is 257 Å². The van der Waals surface area contributed by atoms with Crippen molar-refractivity contribution in [1.29, 1.82) is 0 Å². The molecule has 1 saturated carbocycles. The van der Waals surface area contributed by atoms with E-state index in [2.05, 4.69) is 15.0 Å². The van der Waals surface area contributed by atoms with E-state index in [1.807, 2.05) is 63.2 Å². The van der Waals surface area contributed by atoms with Crippen molar-refractivity contribution in [2.24, 2.45) is 0 Å². The average Bonchev–Trinajstić information content (AvgIpc) is 3.67. The van der Waals surface area contributed by atoms with Gasteiger partial charge in [-0.05, 0) is 80.7 Å². The standard InChI is InChI=1S/C33H41N5O4S/c1-20-14-16-23(17-15-20)29(32(40)35-19-25-12-8-18-42-25)38(26-13-7-9-21(2)22(26)3)33(41)30-27(34)28(37-43-30)31(39)36-24-10-5-4-6-11-24/h7,9,13-17,24-25,29H,4-6,8,10-12,18-19,34H2,1-3H3,(H,35,40)(H,36,39)/t25-,29+/m1/s1. The minimum atomic E-state index is -1.00. The van der Waals surface area contributed by atoms with E-state index in [9.17, 15) is 14.4 Å². The molecule has 2 fully saturated rings. The van der Waals surface area contributed by atoms with Crippen LogP contribution in [0.5, 0.6) is 0 Å². The van der Waals surface area contributed by atoms with Crippen LogP contribution in [-0.2, 0) is 9.53 Å². The predicted molar refractivity (Wildman–Crippen MR) is 169 cm³/mol. The normalized spacial score (nSPS) is 17.8. The lowest BCUT2D eigenvalue weighted by Gasteiger charge is -2.33. The topological polar surface area (TPSA) is 127 Å². The van der Waals surface area contributed by atoms with Crippen molar-refractivity contribution in [2.75, 3.05) is 23.8 Å². The molecular formula is C33H41N5O4S. The molecule has 0 bridgehead atoms. The molecule has 5 rings (SSSR count). The van der Waals surface area contributed by atoms with Crippen molar-refractivity contribution < 1.29 is 19.1 Å². The van der Waals surface area contributed by atoms with E-state index >= 15 is 0 Å². The Morgan fingerprint density at radius 1 is 1.02 bits per heavy atom. The van der Waals surface area contributed by atoms with Crippen molar-refractivity contribution in [3.05, 3.63) is 75.3 Å². The van der Waals surface area contributed by atoms with Crippen LogP contribution in [-0.4, -0.2) is 47.4 Å². The molecule has 10 heteroatoms. The van der Waals surface area contributed by atoms with Gasteiger partial charge in [-0.2, -0.15) is 4.37 Å². The lowest BCUT2D eigenvalue weighted by molar-refractivity contribution is -0.123. The summed E-state index contributed by atoms with van der Waals surface area (Å²) in [7, 11) is 0. The number of aryl methyl sites for hydroxylation is 2. The van der Waals surface area contributed by atoms with E-state index in [1.165, 1.54) is 11.3 Å². The number of hydrogen-bond donors (Lipinski definition) is 3. The zero-order valence-electron chi connectivity index (χ0n) is 25.2. The number of nitrogen functional groups attached to an aromatic ring is 1. The highest BCUT2D eigenvalue weighted by Crippen LogP contribution is 2.36. The fourth-order valence-electron chi connectivity index (χ4n) is 5.87. The molecule has 228 valence electrons. The Morgan fingerprint density at radius 2 is 1.77 bits per heavy atom. The molecule has 0 radical (unpaired) electrons. The Bertz CT molecular complexity index is 1460. The van der Waals surface area contributed by atoms with Crippen LogP contribution in [0.15, 0.2) is 42.5 Å². The zero-order valence-corrected chi connectivity index (χ0v) is 26.0. The molecule has 2 aliphatic rings. The van der Waals surface area contributed by atoms with E-state index in [0.29, 0.717) is 24.4 Å². The fraction of sp³-hybridized carbons (Fsp3) is 0.455. The summed E-state index contributed by atoms with van der Waals surface area (Å²) >= 11 is 0.889. The van der Waals surface area contributed by atoms with Gasteiger partial charge in [-0.3, -0.25) is 19.3 Å². The first-order valence-corrected chi connectivity index (χ1v) is 15.9. The number of aromatic nitrogens is 1. The number of benzene rings is 2. The van der Waals surface area contributed by atoms with E-state index in [-0.39, 0.29) is 40.2 Å². The first-order chi connectivity index (χ1) is 20.7. The average molecular weight is 604 g/mol. The molecule has 4 N–H and O–H groups in total. The summed E-state index contributed by atoms with van der Waals surface area (Å²) in [6.45, 7) is 6.90. The molecule has 3 aromatic rings. The van der Waals surface area contributed by atoms with Gasteiger partial charge in [0, 0.05) is 24.9 Å². The number of nitrogens with two attached hydrogens (primary N) is 1. The van der Waals surface area contributed by atoms with E-state index in [0.717, 1.165) is 66.7 Å². The third-order valence-corrected chi connectivity index (χ3v) is 9.41. The van der Waals surface area contributed by atoms with Crippen molar-refractivity contribution in [1.82, 2.24) is 15.0 Å². The monoisotopic (exact) mass is 603 g/mol. The number of carbonyl (C=O) groups excluding carboxylic acids is 3. The summed E-state index contributed by atoms with van der Waals surface area (Å²) in [6.07, 6.45) is 6.91. The molecule has 1 aliphatic heterocycles. The molecule has 2 heterocycles. The van der Waals surface area contributed by atoms with Crippen LogP contribution in [0.4, 0.5) is 11.4 Å². The maximum atomic E-state index is 14.6. The van der Waals surface area contributed by atoms with Gasteiger partial charge in [0.05, 0.1) is 11.8 Å². The molecule has 1 saturated heterocycles. The third-order valence-electron chi connectivity index (χ3n) is 8.56. The molecule has 2 aromatic carbocycles. The summed E-state index contributed by atoms with van der Waals surface area (Å²) in [5.74, 6) is -1.19. The number of ether oxygens (including phenoxy) is 1. The summed E-state index contributed by atoms with van der Waals surface area (Å²) in [6, 6.07) is 12.3. The minimum absolute atomic E-state index is 0.0287. The zero-order chi connectivity index (χ0) is 30.5. The maximum absolute atomic E-state index is 14.6. The van der Waals surface area contributed by atoms with Crippen molar-refractivity contribution in [2.45, 2.75) is 83.9 Å². The Hall–Kier alpha value is -3.76. The van der Waals surface area contributed by atoms with Gasteiger partial charge in [-0.1, -0.05) is 61.2 Å². The highest BCUT2D eigenvalue weighted by Gasteiger charge is 2.37. The van der Waals surface area contributed by atoms with Gasteiger partial charge in [0.2, 0.25) is 5.91 Å². The van der Waals surface area contributed by atoms with Crippen LogP contribution in [0.3, 0.4) is 0 Å². The second kappa shape index (κ2) is 13.7. The molecule has 43 heavy (non-hydrogen) atoms. The number of hydrogen-bond acceptors (Lipinski definition) is 7. The van der Waals surface area contributed by atoms with Crippen molar-refractivity contribution in [3.63, 3.8) is 0 Å². The molecule has 9 nitrogen and oxygen atoms in total. The van der Waals surface area contributed by atoms with Crippen LogP contribution in [0.25, 0.3) is 0 Å². The number of rotatable bonds is 9. The summed E-state index contributed by atoms with van der Waals surface area (Å²) in [5, 5.41) is 6.09. The summed E-state index contributed by atoms with van der Waals surface area (Å²) < 4.78 is 10.1. The minimum Gasteiger partial charge on any atom is -0.395 e. The molecule has 1 aliphatic carbocycles. The predicted octanol–water partition coefficient (Wildman–Crippen LogP) is 5.40. The van der Waals surface area contributed by atoms with E-state index < -0.39 is 11.9 Å². The molecule has 1 aromatic heterocycles. The van der Waals surface area contributed by atoms with Gasteiger partial charge in [0.15, 0.2) is 5.69 Å². The highest BCUT2D eigenvalue weighted by molar-refractivity contribution is 7.09. The van der Waals surface area contributed by atoms with Crippen LogP contribution < -0.4 is 21.3 Å². The number of anilines is 2.